The topological polar surface area (TPSA) is 62.4 Å². The Labute approximate surface area is 154 Å². The number of hydrogen-bond acceptors (Lipinski definition) is 4. The Morgan fingerprint density at radius 1 is 1.15 bits per heavy atom. The Morgan fingerprint density at radius 2 is 1.93 bits per heavy atom. The fourth-order valence-corrected chi connectivity index (χ4v) is 2.95. The van der Waals surface area contributed by atoms with Gasteiger partial charge in [0.1, 0.15) is 12.4 Å². The molecule has 144 valence electrons. The predicted octanol–water partition coefficient (Wildman–Crippen LogP) is 2.67. The van der Waals surface area contributed by atoms with Gasteiger partial charge in [0.05, 0.1) is 24.1 Å². The zero-order valence-electron chi connectivity index (χ0n) is 14.4. The molecule has 0 radical (unpaired) electrons. The molecule has 3 N–H and O–H groups in total. The highest BCUT2D eigenvalue weighted by Crippen LogP contribution is 2.31. The Bertz CT molecular complexity index is 768. The van der Waals surface area contributed by atoms with E-state index in [1.54, 1.807) is 0 Å². The van der Waals surface area contributed by atoms with Gasteiger partial charge >= 0.3 is 6.18 Å². The van der Waals surface area contributed by atoms with Crippen molar-refractivity contribution in [3.63, 3.8) is 0 Å². The van der Waals surface area contributed by atoms with E-state index in [2.05, 4.69) is 16.2 Å². The zero-order chi connectivity index (χ0) is 19.3. The largest absolute Gasteiger partial charge is 0.492 e. The third-order valence-corrected chi connectivity index (χ3v) is 4.31. The number of alkyl halides is 3. The lowest BCUT2D eigenvalue weighted by Gasteiger charge is -2.18. The number of halogens is 3. The van der Waals surface area contributed by atoms with Gasteiger partial charge in [0.2, 0.25) is 5.91 Å². The van der Waals surface area contributed by atoms with Crippen LogP contribution in [0.25, 0.3) is 0 Å². The Morgan fingerprint density at radius 3 is 2.67 bits per heavy atom. The molecular weight excluding hydrogens is 359 g/mol. The fourth-order valence-electron chi connectivity index (χ4n) is 2.95. The fraction of sp³-hybridized carbons (Fsp3) is 0.316. The third-order valence-electron chi connectivity index (χ3n) is 4.31. The number of rotatable bonds is 6. The van der Waals surface area contributed by atoms with Crippen molar-refractivity contribution >= 4 is 5.91 Å². The van der Waals surface area contributed by atoms with E-state index in [9.17, 15) is 18.0 Å². The van der Waals surface area contributed by atoms with Crippen LogP contribution in [0.5, 0.6) is 5.75 Å². The van der Waals surface area contributed by atoms with E-state index < -0.39 is 11.7 Å². The first-order valence-corrected chi connectivity index (χ1v) is 8.56. The third kappa shape index (κ3) is 4.99. The quantitative estimate of drug-likeness (QED) is 0.676. The van der Waals surface area contributed by atoms with Crippen LogP contribution in [0, 0.1) is 5.92 Å². The molecule has 2 aromatic carbocycles. The van der Waals surface area contributed by atoms with Crippen LogP contribution in [0.4, 0.5) is 13.2 Å². The van der Waals surface area contributed by atoms with Crippen molar-refractivity contribution in [1.82, 2.24) is 16.2 Å². The molecule has 3 rings (SSSR count). The summed E-state index contributed by atoms with van der Waals surface area (Å²) in [6.07, 6.45) is -4.41. The van der Waals surface area contributed by atoms with Gasteiger partial charge in [-0.25, -0.2) is 5.43 Å². The molecule has 5 nitrogen and oxygen atoms in total. The average Bonchev–Trinajstić information content (AvgIpc) is 3.15. The van der Waals surface area contributed by atoms with Crippen molar-refractivity contribution in [3.05, 3.63) is 65.7 Å². The average molecular weight is 379 g/mol. The number of amides is 1. The van der Waals surface area contributed by atoms with Gasteiger partial charge in [0.15, 0.2) is 0 Å². The lowest BCUT2D eigenvalue weighted by Crippen LogP contribution is -2.37. The summed E-state index contributed by atoms with van der Waals surface area (Å²) in [6, 6.07) is 14.1. The number of nitrogens with one attached hydrogen (secondary N) is 3. The molecule has 0 spiro atoms. The molecular formula is C19H20F3N3O2. The van der Waals surface area contributed by atoms with Crippen molar-refractivity contribution in [2.24, 2.45) is 5.92 Å². The summed E-state index contributed by atoms with van der Waals surface area (Å²) in [5, 5.41) is 2.77. The van der Waals surface area contributed by atoms with Crippen LogP contribution in [0.1, 0.15) is 17.2 Å². The van der Waals surface area contributed by atoms with E-state index in [1.807, 2.05) is 30.3 Å². The number of hydrazine groups is 1. The number of carbonyl (C=O) groups excluding carboxylic acids is 1. The first-order valence-electron chi connectivity index (χ1n) is 8.56. The Balaban J connectivity index is 1.49. The van der Waals surface area contributed by atoms with E-state index in [-0.39, 0.29) is 36.8 Å². The van der Waals surface area contributed by atoms with Gasteiger partial charge in [-0.2, -0.15) is 13.2 Å². The van der Waals surface area contributed by atoms with E-state index >= 15 is 0 Å². The van der Waals surface area contributed by atoms with E-state index in [0.717, 1.165) is 17.7 Å². The number of benzene rings is 2. The Hall–Kier alpha value is -2.58. The molecule has 0 aliphatic carbocycles. The Kier molecular flexibility index (Phi) is 5.98. The zero-order valence-corrected chi connectivity index (χ0v) is 14.4. The lowest BCUT2D eigenvalue weighted by molar-refractivity contribution is -0.137. The molecule has 0 bridgehead atoms. The van der Waals surface area contributed by atoms with Gasteiger partial charge < -0.3 is 10.1 Å². The molecule has 2 aromatic rings. The van der Waals surface area contributed by atoms with Crippen LogP contribution in [0.3, 0.4) is 0 Å². The van der Waals surface area contributed by atoms with Crippen LogP contribution in [0.2, 0.25) is 0 Å². The monoisotopic (exact) mass is 379 g/mol. The molecule has 1 aliphatic rings. The second-order valence-electron chi connectivity index (χ2n) is 6.19. The second-order valence-corrected chi connectivity index (χ2v) is 6.19. The molecule has 1 fully saturated rings. The first-order chi connectivity index (χ1) is 12.9. The molecule has 8 heteroatoms. The second kappa shape index (κ2) is 8.41. The van der Waals surface area contributed by atoms with Crippen LogP contribution in [-0.4, -0.2) is 25.6 Å². The van der Waals surface area contributed by atoms with Gasteiger partial charge in [-0.05, 0) is 23.8 Å². The van der Waals surface area contributed by atoms with Crippen LogP contribution in [0.15, 0.2) is 54.6 Å². The van der Waals surface area contributed by atoms with Crippen LogP contribution < -0.4 is 20.9 Å². The minimum atomic E-state index is -4.41. The van der Waals surface area contributed by atoms with Crippen molar-refractivity contribution < 1.29 is 22.7 Å². The maximum atomic E-state index is 12.7. The molecule has 1 saturated heterocycles. The summed E-state index contributed by atoms with van der Waals surface area (Å²) in [5.41, 5.74) is 6.32. The molecule has 0 saturated carbocycles. The standard InChI is InChI=1S/C19H20F3N3O2/c20-19(21,22)14-7-4-8-15(11-14)27-10-9-23-18(26)16-12-24-25-17(16)13-5-2-1-3-6-13/h1-8,11,16-17,24-25H,9-10,12H2,(H,23,26). The molecule has 2 unspecified atom stereocenters. The smallest absolute Gasteiger partial charge is 0.416 e. The van der Waals surface area contributed by atoms with E-state index in [4.69, 9.17) is 4.74 Å². The highest BCUT2D eigenvalue weighted by Gasteiger charge is 2.33. The molecule has 2 atom stereocenters. The van der Waals surface area contributed by atoms with Crippen molar-refractivity contribution in [3.8, 4) is 5.75 Å². The van der Waals surface area contributed by atoms with Gasteiger partial charge in [0.25, 0.3) is 0 Å². The number of carbonyl (C=O) groups is 1. The van der Waals surface area contributed by atoms with Crippen molar-refractivity contribution in [1.29, 1.82) is 0 Å². The molecule has 0 aromatic heterocycles. The summed E-state index contributed by atoms with van der Waals surface area (Å²) >= 11 is 0. The summed E-state index contributed by atoms with van der Waals surface area (Å²) in [5.74, 6) is -0.319. The summed E-state index contributed by atoms with van der Waals surface area (Å²) in [6.45, 7) is 0.767. The van der Waals surface area contributed by atoms with E-state index in [0.29, 0.717) is 6.54 Å². The highest BCUT2D eigenvalue weighted by molar-refractivity contribution is 5.80. The predicted molar refractivity (Wildman–Crippen MR) is 93.8 cm³/mol. The van der Waals surface area contributed by atoms with E-state index in [1.165, 1.54) is 12.1 Å². The summed E-state index contributed by atoms with van der Waals surface area (Å²) < 4.78 is 43.4. The van der Waals surface area contributed by atoms with Crippen molar-refractivity contribution in [2.75, 3.05) is 19.7 Å². The van der Waals surface area contributed by atoms with Crippen LogP contribution >= 0.6 is 0 Å². The lowest BCUT2D eigenvalue weighted by atomic mass is 9.94. The minimum absolute atomic E-state index is 0.0800. The molecule has 1 aliphatic heterocycles. The van der Waals surface area contributed by atoms with Gasteiger partial charge in [0, 0.05) is 6.54 Å². The highest BCUT2D eigenvalue weighted by atomic mass is 19.4. The SMILES string of the molecule is O=C(NCCOc1cccc(C(F)(F)F)c1)C1CNNC1c1ccccc1. The summed E-state index contributed by atoms with van der Waals surface area (Å²) in [4.78, 5) is 12.4. The van der Waals surface area contributed by atoms with Gasteiger partial charge in [-0.3, -0.25) is 10.2 Å². The van der Waals surface area contributed by atoms with Gasteiger partial charge in [-0.1, -0.05) is 36.4 Å². The van der Waals surface area contributed by atoms with Crippen LogP contribution in [-0.2, 0) is 11.0 Å². The van der Waals surface area contributed by atoms with Gasteiger partial charge in [-0.15, -0.1) is 0 Å². The number of hydrogen-bond donors (Lipinski definition) is 3. The molecule has 27 heavy (non-hydrogen) atoms. The minimum Gasteiger partial charge on any atom is -0.492 e. The van der Waals surface area contributed by atoms with Crippen molar-refractivity contribution in [2.45, 2.75) is 12.2 Å². The first kappa shape index (κ1) is 19.2. The maximum absolute atomic E-state index is 12.7. The normalized spacial score (nSPS) is 19.7. The number of ether oxygens (including phenoxy) is 1. The molecule has 1 amide bonds. The molecule has 1 heterocycles. The maximum Gasteiger partial charge on any atom is 0.416 e. The summed E-state index contributed by atoms with van der Waals surface area (Å²) in [7, 11) is 0.